The lowest BCUT2D eigenvalue weighted by Gasteiger charge is -2.19. The summed E-state index contributed by atoms with van der Waals surface area (Å²) in [6, 6.07) is 1.90. The van der Waals surface area contributed by atoms with E-state index in [2.05, 4.69) is 20.2 Å². The Morgan fingerprint density at radius 2 is 2.24 bits per heavy atom. The van der Waals surface area contributed by atoms with Gasteiger partial charge in [-0.05, 0) is 26.8 Å². The normalized spacial score (nSPS) is 10.6. The van der Waals surface area contributed by atoms with Crippen LogP contribution < -0.4 is 10.2 Å². The maximum absolute atomic E-state index is 5.51. The van der Waals surface area contributed by atoms with Crippen LogP contribution in [0.5, 0.6) is 0 Å². The molecule has 5 heteroatoms. The highest BCUT2D eigenvalue weighted by Crippen LogP contribution is 2.09. The van der Waals surface area contributed by atoms with E-state index in [0.29, 0.717) is 12.6 Å². The molecule has 1 aromatic rings. The van der Waals surface area contributed by atoms with Crippen LogP contribution in [0.1, 0.15) is 20.8 Å². The Kier molecular flexibility index (Phi) is 5.69. The third kappa shape index (κ3) is 4.99. The van der Waals surface area contributed by atoms with Crippen LogP contribution >= 0.6 is 0 Å². The van der Waals surface area contributed by atoms with E-state index in [-0.39, 0.29) is 6.10 Å². The van der Waals surface area contributed by atoms with Gasteiger partial charge >= 0.3 is 0 Å². The van der Waals surface area contributed by atoms with Crippen molar-refractivity contribution in [3.8, 4) is 0 Å². The monoisotopic (exact) mass is 238 g/mol. The molecule has 0 saturated heterocycles. The molecule has 0 atom stereocenters. The number of nitrogens with zero attached hydrogens (tertiary/aromatic N) is 3. The maximum atomic E-state index is 5.51. The molecular formula is C12H22N4O. The van der Waals surface area contributed by atoms with Crippen molar-refractivity contribution < 1.29 is 4.74 Å². The summed E-state index contributed by atoms with van der Waals surface area (Å²) in [5, 5.41) is 3.10. The second-order valence-electron chi connectivity index (χ2n) is 4.11. The Morgan fingerprint density at radius 3 is 2.88 bits per heavy atom. The molecular weight excluding hydrogens is 216 g/mol. The molecule has 1 aromatic heterocycles. The maximum Gasteiger partial charge on any atom is 0.224 e. The molecule has 0 bridgehead atoms. The van der Waals surface area contributed by atoms with Crippen molar-refractivity contribution in [1.29, 1.82) is 0 Å². The number of hydrogen-bond acceptors (Lipinski definition) is 5. The van der Waals surface area contributed by atoms with Gasteiger partial charge < -0.3 is 15.0 Å². The molecule has 0 radical (unpaired) electrons. The predicted molar refractivity (Wildman–Crippen MR) is 70.6 cm³/mol. The van der Waals surface area contributed by atoms with Crippen molar-refractivity contribution in [3.63, 3.8) is 0 Å². The van der Waals surface area contributed by atoms with Crippen molar-refractivity contribution in [2.24, 2.45) is 0 Å². The van der Waals surface area contributed by atoms with Crippen molar-refractivity contribution >= 4 is 11.8 Å². The first-order valence-corrected chi connectivity index (χ1v) is 6.03. The summed E-state index contributed by atoms with van der Waals surface area (Å²) >= 11 is 0. The average molecular weight is 238 g/mol. The summed E-state index contributed by atoms with van der Waals surface area (Å²) in [6.07, 6.45) is 2.03. The fraction of sp³-hybridized carbons (Fsp3) is 0.667. The summed E-state index contributed by atoms with van der Waals surface area (Å²) in [5.74, 6) is 1.57. The summed E-state index contributed by atoms with van der Waals surface area (Å²) in [6.45, 7) is 8.44. The van der Waals surface area contributed by atoms with Gasteiger partial charge in [-0.2, -0.15) is 4.98 Å². The fourth-order valence-electron chi connectivity index (χ4n) is 1.34. The first kappa shape index (κ1) is 13.7. The molecule has 0 aliphatic heterocycles. The molecule has 1 heterocycles. The minimum atomic E-state index is 0.270. The van der Waals surface area contributed by atoms with Gasteiger partial charge in [-0.15, -0.1) is 0 Å². The quantitative estimate of drug-likeness (QED) is 0.784. The SMILES string of the molecule is CCNc1nccc(N(C)CCOC(C)C)n1. The third-order valence-corrected chi connectivity index (χ3v) is 2.24. The van der Waals surface area contributed by atoms with Crippen molar-refractivity contribution in [3.05, 3.63) is 12.3 Å². The number of aromatic nitrogens is 2. The average Bonchev–Trinajstić information content (AvgIpc) is 2.29. The molecule has 1 N–H and O–H groups in total. The number of likely N-dealkylation sites (N-methyl/N-ethyl adjacent to an activating group) is 1. The van der Waals surface area contributed by atoms with E-state index in [0.717, 1.165) is 18.9 Å². The van der Waals surface area contributed by atoms with Gasteiger partial charge in [0.25, 0.3) is 0 Å². The van der Waals surface area contributed by atoms with E-state index in [4.69, 9.17) is 4.74 Å². The summed E-state index contributed by atoms with van der Waals surface area (Å²) in [4.78, 5) is 10.6. The third-order valence-electron chi connectivity index (χ3n) is 2.24. The van der Waals surface area contributed by atoms with Gasteiger partial charge in [0.2, 0.25) is 5.95 Å². The van der Waals surface area contributed by atoms with Crippen LogP contribution in [0.2, 0.25) is 0 Å². The minimum absolute atomic E-state index is 0.270. The van der Waals surface area contributed by atoms with Gasteiger partial charge in [-0.25, -0.2) is 4.98 Å². The van der Waals surface area contributed by atoms with Crippen LogP contribution in [0, 0.1) is 0 Å². The molecule has 0 saturated carbocycles. The molecule has 0 aromatic carbocycles. The van der Waals surface area contributed by atoms with Crippen LogP contribution in [0.3, 0.4) is 0 Å². The molecule has 0 amide bonds. The highest BCUT2D eigenvalue weighted by Gasteiger charge is 2.04. The zero-order valence-corrected chi connectivity index (χ0v) is 11.1. The van der Waals surface area contributed by atoms with Crippen LogP contribution in [0.4, 0.5) is 11.8 Å². The number of ether oxygens (including phenoxy) is 1. The number of nitrogens with one attached hydrogen (secondary N) is 1. The standard InChI is InChI=1S/C12H22N4O/c1-5-13-12-14-7-6-11(15-12)16(4)8-9-17-10(2)3/h6-7,10H,5,8-9H2,1-4H3,(H,13,14,15). The van der Waals surface area contributed by atoms with Crippen molar-refractivity contribution in [2.75, 3.05) is 37.0 Å². The Hall–Kier alpha value is -1.36. The topological polar surface area (TPSA) is 50.3 Å². The Morgan fingerprint density at radius 1 is 1.47 bits per heavy atom. The highest BCUT2D eigenvalue weighted by molar-refractivity contribution is 5.41. The summed E-state index contributed by atoms with van der Waals surface area (Å²) in [7, 11) is 2.00. The van der Waals surface area contributed by atoms with Gasteiger partial charge in [-0.1, -0.05) is 0 Å². The minimum Gasteiger partial charge on any atom is -0.377 e. The van der Waals surface area contributed by atoms with Gasteiger partial charge in [0.05, 0.1) is 12.7 Å². The van der Waals surface area contributed by atoms with Gasteiger partial charge in [0.15, 0.2) is 0 Å². The Balaban J connectivity index is 2.50. The van der Waals surface area contributed by atoms with Gasteiger partial charge in [0.1, 0.15) is 5.82 Å². The van der Waals surface area contributed by atoms with E-state index in [1.165, 1.54) is 0 Å². The number of rotatable bonds is 7. The predicted octanol–water partition coefficient (Wildman–Crippen LogP) is 1.77. The molecule has 0 aliphatic rings. The Labute approximate surface area is 103 Å². The van der Waals surface area contributed by atoms with E-state index < -0.39 is 0 Å². The van der Waals surface area contributed by atoms with Crippen molar-refractivity contribution in [1.82, 2.24) is 9.97 Å². The summed E-state index contributed by atoms with van der Waals surface area (Å²) in [5.41, 5.74) is 0. The Bertz CT molecular complexity index is 330. The van der Waals surface area contributed by atoms with E-state index >= 15 is 0 Å². The van der Waals surface area contributed by atoms with E-state index in [1.807, 2.05) is 33.9 Å². The smallest absolute Gasteiger partial charge is 0.224 e. The lowest BCUT2D eigenvalue weighted by molar-refractivity contribution is 0.0845. The molecule has 17 heavy (non-hydrogen) atoms. The second-order valence-corrected chi connectivity index (χ2v) is 4.11. The number of hydrogen-bond donors (Lipinski definition) is 1. The zero-order chi connectivity index (χ0) is 12.7. The number of anilines is 2. The molecule has 0 fully saturated rings. The molecule has 0 spiro atoms. The highest BCUT2D eigenvalue weighted by atomic mass is 16.5. The molecule has 0 unspecified atom stereocenters. The zero-order valence-electron chi connectivity index (χ0n) is 11.1. The molecule has 1 rings (SSSR count). The van der Waals surface area contributed by atoms with Crippen LogP contribution in [0.15, 0.2) is 12.3 Å². The largest absolute Gasteiger partial charge is 0.377 e. The lowest BCUT2D eigenvalue weighted by atomic mass is 10.4. The lowest BCUT2D eigenvalue weighted by Crippen LogP contribution is -2.25. The molecule has 5 nitrogen and oxygen atoms in total. The van der Waals surface area contributed by atoms with Crippen LogP contribution in [-0.4, -0.2) is 42.8 Å². The van der Waals surface area contributed by atoms with Gasteiger partial charge in [-0.3, -0.25) is 0 Å². The molecule has 96 valence electrons. The van der Waals surface area contributed by atoms with Crippen LogP contribution in [0.25, 0.3) is 0 Å². The second kappa shape index (κ2) is 7.06. The van der Waals surface area contributed by atoms with E-state index in [9.17, 15) is 0 Å². The first-order valence-electron chi connectivity index (χ1n) is 6.03. The molecule has 0 aliphatic carbocycles. The fourth-order valence-corrected chi connectivity index (χ4v) is 1.34. The van der Waals surface area contributed by atoms with Crippen molar-refractivity contribution in [2.45, 2.75) is 26.9 Å². The van der Waals surface area contributed by atoms with Gasteiger partial charge in [0, 0.05) is 26.3 Å². The first-order chi connectivity index (χ1) is 8.13. The summed E-state index contributed by atoms with van der Waals surface area (Å²) < 4.78 is 5.51. The van der Waals surface area contributed by atoms with Crippen LogP contribution in [-0.2, 0) is 4.74 Å². The van der Waals surface area contributed by atoms with E-state index in [1.54, 1.807) is 6.20 Å².